The van der Waals surface area contributed by atoms with Gasteiger partial charge in [-0.2, -0.15) is 0 Å². The fourth-order valence-electron chi connectivity index (χ4n) is 3.62. The van der Waals surface area contributed by atoms with Crippen LogP contribution < -0.4 is 4.74 Å². The molecular weight excluding hydrogens is 344 g/mol. The maximum absolute atomic E-state index is 12.6. The molecule has 2 aliphatic rings. The highest BCUT2D eigenvalue weighted by Crippen LogP contribution is 2.22. The number of carbonyl (C=O) groups is 2. The van der Waals surface area contributed by atoms with Gasteiger partial charge in [-0.25, -0.2) is 0 Å². The Kier molecular flexibility index (Phi) is 6.72. The number of carbonyl (C=O) groups excluding carboxylic acids is 2. The summed E-state index contributed by atoms with van der Waals surface area (Å²) in [5, 5.41) is 0. The summed E-state index contributed by atoms with van der Waals surface area (Å²) in [7, 11) is 0. The van der Waals surface area contributed by atoms with Crippen molar-refractivity contribution < 1.29 is 19.1 Å². The summed E-state index contributed by atoms with van der Waals surface area (Å²) in [4.78, 5) is 28.7. The van der Waals surface area contributed by atoms with E-state index in [0.717, 1.165) is 18.6 Å². The second-order valence-electron chi connectivity index (χ2n) is 7.61. The van der Waals surface area contributed by atoms with E-state index in [-0.39, 0.29) is 24.3 Å². The molecule has 0 unspecified atom stereocenters. The molecule has 6 nitrogen and oxygen atoms in total. The summed E-state index contributed by atoms with van der Waals surface area (Å²) < 4.78 is 11.0. The van der Waals surface area contributed by atoms with Gasteiger partial charge in [0.15, 0.2) is 6.61 Å². The second kappa shape index (κ2) is 9.22. The molecule has 0 aliphatic carbocycles. The third-order valence-electron chi connectivity index (χ3n) is 5.41. The number of benzene rings is 1. The first-order valence-corrected chi connectivity index (χ1v) is 9.91. The Hall–Kier alpha value is -2.08. The first kappa shape index (κ1) is 19.7. The highest BCUT2D eigenvalue weighted by molar-refractivity contribution is 5.80. The molecule has 2 fully saturated rings. The first-order valence-electron chi connectivity index (χ1n) is 9.91. The number of nitrogens with zero attached hydrogens (tertiary/aromatic N) is 2. The molecule has 27 heavy (non-hydrogen) atoms. The Morgan fingerprint density at radius 1 is 1.11 bits per heavy atom. The molecular formula is C21H30N2O4. The number of ether oxygens (including phenoxy) is 2. The van der Waals surface area contributed by atoms with Crippen LogP contribution in [0.25, 0.3) is 0 Å². The molecule has 2 heterocycles. The number of hydrogen-bond acceptors (Lipinski definition) is 4. The SMILES string of the molecule is CC(C)c1cccc(OCC(=O)N2CCC(C(=O)N3CCOCC3)CC2)c1. The summed E-state index contributed by atoms with van der Waals surface area (Å²) in [6.45, 7) is 8.16. The standard InChI is InChI=1S/C21H30N2O4/c1-16(2)18-4-3-5-19(14-18)27-15-20(24)22-8-6-17(7-9-22)21(25)23-10-12-26-13-11-23/h3-5,14,16-17H,6-13,15H2,1-2H3. The predicted octanol–water partition coefficient (Wildman–Crippen LogP) is 2.29. The van der Waals surface area contributed by atoms with Crippen LogP contribution in [-0.4, -0.2) is 67.6 Å². The highest BCUT2D eigenvalue weighted by Gasteiger charge is 2.30. The molecule has 0 spiro atoms. The van der Waals surface area contributed by atoms with E-state index in [4.69, 9.17) is 9.47 Å². The van der Waals surface area contributed by atoms with E-state index in [9.17, 15) is 9.59 Å². The van der Waals surface area contributed by atoms with Crippen molar-refractivity contribution in [3.05, 3.63) is 29.8 Å². The Labute approximate surface area is 161 Å². The van der Waals surface area contributed by atoms with Gasteiger partial charge in [0.05, 0.1) is 13.2 Å². The molecule has 0 bridgehead atoms. The van der Waals surface area contributed by atoms with Crippen molar-refractivity contribution in [1.82, 2.24) is 9.80 Å². The molecule has 1 aromatic carbocycles. The van der Waals surface area contributed by atoms with Gasteiger partial charge in [-0.15, -0.1) is 0 Å². The number of rotatable bonds is 5. The summed E-state index contributed by atoms with van der Waals surface area (Å²) in [6.07, 6.45) is 1.45. The Bertz CT molecular complexity index is 647. The zero-order chi connectivity index (χ0) is 19.2. The van der Waals surface area contributed by atoms with Gasteiger partial charge < -0.3 is 19.3 Å². The van der Waals surface area contributed by atoms with Crippen molar-refractivity contribution in [1.29, 1.82) is 0 Å². The number of piperidine rings is 1. The van der Waals surface area contributed by atoms with Crippen molar-refractivity contribution in [2.24, 2.45) is 5.92 Å². The lowest BCUT2D eigenvalue weighted by molar-refractivity contribution is -0.144. The Balaban J connectivity index is 1.44. The normalized spacial score (nSPS) is 18.6. The average Bonchev–Trinajstić information content (AvgIpc) is 2.72. The molecule has 2 aliphatic heterocycles. The highest BCUT2D eigenvalue weighted by atomic mass is 16.5. The maximum atomic E-state index is 12.6. The van der Waals surface area contributed by atoms with Crippen LogP contribution in [0.5, 0.6) is 5.75 Å². The van der Waals surface area contributed by atoms with Crippen LogP contribution in [0, 0.1) is 5.92 Å². The molecule has 6 heteroatoms. The van der Waals surface area contributed by atoms with Gasteiger partial charge in [-0.1, -0.05) is 26.0 Å². The molecule has 0 atom stereocenters. The van der Waals surface area contributed by atoms with E-state index < -0.39 is 0 Å². The summed E-state index contributed by atoms with van der Waals surface area (Å²) >= 11 is 0. The lowest BCUT2D eigenvalue weighted by Gasteiger charge is -2.35. The number of likely N-dealkylation sites (tertiary alicyclic amines) is 1. The van der Waals surface area contributed by atoms with Crippen LogP contribution >= 0.6 is 0 Å². The number of morpholine rings is 1. The van der Waals surface area contributed by atoms with Gasteiger partial charge in [0.2, 0.25) is 5.91 Å². The van der Waals surface area contributed by atoms with E-state index in [1.54, 1.807) is 0 Å². The van der Waals surface area contributed by atoms with Gasteiger partial charge in [0.1, 0.15) is 5.75 Å². The molecule has 2 amide bonds. The minimum absolute atomic E-state index is 0.0118. The second-order valence-corrected chi connectivity index (χ2v) is 7.61. The Morgan fingerprint density at radius 2 is 1.81 bits per heavy atom. The van der Waals surface area contributed by atoms with Crippen molar-refractivity contribution in [2.45, 2.75) is 32.6 Å². The first-order chi connectivity index (χ1) is 13.0. The van der Waals surface area contributed by atoms with Crippen molar-refractivity contribution >= 4 is 11.8 Å². The summed E-state index contributed by atoms with van der Waals surface area (Å²) in [5.41, 5.74) is 1.20. The third kappa shape index (κ3) is 5.22. The zero-order valence-electron chi connectivity index (χ0n) is 16.4. The lowest BCUT2D eigenvalue weighted by Crippen LogP contribution is -2.48. The van der Waals surface area contributed by atoms with Gasteiger partial charge >= 0.3 is 0 Å². The van der Waals surface area contributed by atoms with Crippen LogP contribution in [-0.2, 0) is 14.3 Å². The third-order valence-corrected chi connectivity index (χ3v) is 5.41. The molecule has 0 radical (unpaired) electrons. The van der Waals surface area contributed by atoms with Gasteiger partial charge in [-0.05, 0) is 36.5 Å². The molecule has 3 rings (SSSR count). The molecule has 148 valence electrons. The fourth-order valence-corrected chi connectivity index (χ4v) is 3.62. The van der Waals surface area contributed by atoms with Gasteiger partial charge in [0.25, 0.3) is 5.91 Å². The van der Waals surface area contributed by atoms with E-state index >= 15 is 0 Å². The number of hydrogen-bond donors (Lipinski definition) is 0. The maximum Gasteiger partial charge on any atom is 0.260 e. The zero-order valence-corrected chi connectivity index (χ0v) is 16.4. The van der Waals surface area contributed by atoms with E-state index in [2.05, 4.69) is 19.9 Å². The molecule has 0 N–H and O–H groups in total. The molecule has 2 saturated heterocycles. The fraction of sp³-hybridized carbons (Fsp3) is 0.619. The van der Waals surface area contributed by atoms with Crippen LogP contribution in [0.3, 0.4) is 0 Å². The van der Waals surface area contributed by atoms with E-state index in [0.29, 0.717) is 45.3 Å². The quantitative estimate of drug-likeness (QED) is 0.793. The molecule has 0 aromatic heterocycles. The van der Waals surface area contributed by atoms with E-state index in [1.165, 1.54) is 5.56 Å². The lowest BCUT2D eigenvalue weighted by atomic mass is 9.95. The van der Waals surface area contributed by atoms with E-state index in [1.807, 2.05) is 28.0 Å². The van der Waals surface area contributed by atoms with Crippen LogP contribution in [0.15, 0.2) is 24.3 Å². The minimum atomic E-state index is -0.0118. The topological polar surface area (TPSA) is 59.1 Å². The summed E-state index contributed by atoms with van der Waals surface area (Å²) in [5.74, 6) is 1.38. The Morgan fingerprint density at radius 3 is 2.48 bits per heavy atom. The smallest absolute Gasteiger partial charge is 0.260 e. The van der Waals surface area contributed by atoms with Gasteiger partial charge in [-0.3, -0.25) is 9.59 Å². The van der Waals surface area contributed by atoms with Crippen LogP contribution in [0.4, 0.5) is 0 Å². The number of amides is 2. The van der Waals surface area contributed by atoms with Crippen LogP contribution in [0.1, 0.15) is 38.2 Å². The van der Waals surface area contributed by atoms with Crippen molar-refractivity contribution in [3.63, 3.8) is 0 Å². The molecule has 1 aromatic rings. The monoisotopic (exact) mass is 374 g/mol. The largest absolute Gasteiger partial charge is 0.484 e. The van der Waals surface area contributed by atoms with Crippen molar-refractivity contribution in [3.8, 4) is 5.75 Å². The minimum Gasteiger partial charge on any atom is -0.484 e. The summed E-state index contributed by atoms with van der Waals surface area (Å²) in [6, 6.07) is 7.89. The predicted molar refractivity (Wildman–Crippen MR) is 103 cm³/mol. The van der Waals surface area contributed by atoms with Crippen LogP contribution in [0.2, 0.25) is 0 Å². The average molecular weight is 374 g/mol. The van der Waals surface area contributed by atoms with Crippen molar-refractivity contribution in [2.75, 3.05) is 46.0 Å². The van der Waals surface area contributed by atoms with Gasteiger partial charge in [0, 0.05) is 32.1 Å². The molecule has 0 saturated carbocycles.